The topological polar surface area (TPSA) is 66.9 Å². The molecule has 5 nitrogen and oxygen atoms in total. The number of carbonyl (C=O) groups is 1. The smallest absolute Gasteiger partial charge is 0.227 e. The largest absolute Gasteiger partial charge is 0.340 e. The molecular weight excluding hydrogens is 312 g/mol. The molecule has 1 aliphatic rings. The van der Waals surface area contributed by atoms with Crippen molar-refractivity contribution >= 4 is 23.1 Å². The number of nitrogens with one attached hydrogen (secondary N) is 2. The minimum atomic E-state index is 0.152. The van der Waals surface area contributed by atoms with Gasteiger partial charge in [-0.2, -0.15) is 0 Å². The van der Waals surface area contributed by atoms with E-state index >= 15 is 0 Å². The highest BCUT2D eigenvalue weighted by atomic mass is 16.1. The van der Waals surface area contributed by atoms with Crippen LogP contribution in [0, 0.1) is 12.8 Å². The van der Waals surface area contributed by atoms with Gasteiger partial charge in [0, 0.05) is 29.1 Å². The summed E-state index contributed by atoms with van der Waals surface area (Å²) >= 11 is 0. The molecule has 25 heavy (non-hydrogen) atoms. The number of rotatable bonds is 5. The number of aryl methyl sites for hydroxylation is 2. The van der Waals surface area contributed by atoms with E-state index in [-0.39, 0.29) is 11.8 Å². The van der Waals surface area contributed by atoms with Gasteiger partial charge in [-0.05, 0) is 43.9 Å². The molecule has 0 bridgehead atoms. The van der Waals surface area contributed by atoms with Crippen LogP contribution < -0.4 is 10.6 Å². The Morgan fingerprint density at radius 3 is 2.68 bits per heavy atom. The monoisotopic (exact) mass is 338 g/mol. The van der Waals surface area contributed by atoms with Crippen LogP contribution in [0.25, 0.3) is 0 Å². The van der Waals surface area contributed by atoms with Crippen LogP contribution in [0.4, 0.5) is 17.2 Å². The molecule has 132 valence electrons. The first-order chi connectivity index (χ1) is 12.2. The average molecular weight is 338 g/mol. The Labute approximate surface area is 149 Å². The molecule has 3 rings (SSSR count). The summed E-state index contributed by atoms with van der Waals surface area (Å²) in [4.78, 5) is 20.9. The fourth-order valence-corrected chi connectivity index (χ4v) is 3.35. The van der Waals surface area contributed by atoms with E-state index in [1.165, 1.54) is 6.42 Å². The number of aromatic nitrogens is 2. The van der Waals surface area contributed by atoms with Crippen molar-refractivity contribution in [1.29, 1.82) is 0 Å². The summed E-state index contributed by atoms with van der Waals surface area (Å²) in [5, 5.41) is 6.44. The molecule has 1 aliphatic carbocycles. The lowest BCUT2D eigenvalue weighted by Gasteiger charge is -2.22. The molecule has 0 unspecified atom stereocenters. The van der Waals surface area contributed by atoms with Gasteiger partial charge in [-0.15, -0.1) is 0 Å². The summed E-state index contributed by atoms with van der Waals surface area (Å²) in [5.74, 6) is 1.06. The summed E-state index contributed by atoms with van der Waals surface area (Å²) in [5.41, 5.74) is 3.87. The van der Waals surface area contributed by atoms with E-state index in [2.05, 4.69) is 33.6 Å². The molecule has 1 fully saturated rings. The first-order valence-electron chi connectivity index (χ1n) is 9.15. The van der Waals surface area contributed by atoms with Crippen LogP contribution in [0.5, 0.6) is 0 Å². The Bertz CT molecular complexity index is 738. The molecular formula is C20H26N4O. The predicted octanol–water partition coefficient (Wildman–Crippen LogP) is 4.61. The first-order valence-corrected chi connectivity index (χ1v) is 9.15. The number of amides is 1. The molecule has 0 saturated heterocycles. The number of hydrogen-bond acceptors (Lipinski definition) is 4. The minimum Gasteiger partial charge on any atom is -0.340 e. The third-order valence-electron chi connectivity index (χ3n) is 4.80. The fourth-order valence-electron chi connectivity index (χ4n) is 3.35. The number of nitrogens with zero attached hydrogens (tertiary/aromatic N) is 2. The maximum Gasteiger partial charge on any atom is 0.227 e. The molecule has 1 aromatic heterocycles. The number of benzene rings is 1. The van der Waals surface area contributed by atoms with E-state index in [1.54, 1.807) is 6.33 Å². The molecule has 0 aliphatic heterocycles. The van der Waals surface area contributed by atoms with Gasteiger partial charge in [-0.3, -0.25) is 4.79 Å². The molecule has 1 saturated carbocycles. The Morgan fingerprint density at radius 1 is 1.16 bits per heavy atom. The standard InChI is InChI=1S/C20H26N4O/c1-3-15-9-10-17(23-19-11-14(2)21-13-22-19)12-18(15)24-20(25)16-7-5-4-6-8-16/h9-13,16H,3-8H2,1-2H3,(H,24,25)(H,21,22,23). The normalized spacial score (nSPS) is 15.0. The van der Waals surface area contributed by atoms with Crippen molar-refractivity contribution in [3.63, 3.8) is 0 Å². The van der Waals surface area contributed by atoms with Crippen molar-refractivity contribution in [2.45, 2.75) is 52.4 Å². The van der Waals surface area contributed by atoms with Crippen molar-refractivity contribution in [2.24, 2.45) is 5.92 Å². The molecule has 2 aromatic rings. The van der Waals surface area contributed by atoms with Crippen molar-refractivity contribution in [2.75, 3.05) is 10.6 Å². The summed E-state index contributed by atoms with van der Waals surface area (Å²) in [6, 6.07) is 7.98. The maximum atomic E-state index is 12.6. The summed E-state index contributed by atoms with van der Waals surface area (Å²) in [6.45, 7) is 4.04. The van der Waals surface area contributed by atoms with Crippen molar-refractivity contribution < 1.29 is 4.79 Å². The molecule has 0 spiro atoms. The third-order valence-corrected chi connectivity index (χ3v) is 4.80. The van der Waals surface area contributed by atoms with Crippen LogP contribution in [0.3, 0.4) is 0 Å². The van der Waals surface area contributed by atoms with Gasteiger partial charge in [0.05, 0.1) is 0 Å². The van der Waals surface area contributed by atoms with Gasteiger partial charge in [0.25, 0.3) is 0 Å². The van der Waals surface area contributed by atoms with Gasteiger partial charge in [0.1, 0.15) is 12.1 Å². The lowest BCUT2D eigenvalue weighted by atomic mass is 9.88. The molecule has 0 radical (unpaired) electrons. The third kappa shape index (κ3) is 4.56. The summed E-state index contributed by atoms with van der Waals surface area (Å²) in [6.07, 6.45) is 8.01. The highest BCUT2D eigenvalue weighted by molar-refractivity contribution is 5.94. The molecule has 1 amide bonds. The molecule has 2 N–H and O–H groups in total. The second-order valence-corrected chi connectivity index (χ2v) is 6.72. The zero-order valence-electron chi connectivity index (χ0n) is 15.0. The Kier molecular flexibility index (Phi) is 5.64. The molecule has 5 heteroatoms. The van der Waals surface area contributed by atoms with Gasteiger partial charge in [-0.1, -0.05) is 32.3 Å². The molecule has 1 heterocycles. The van der Waals surface area contributed by atoms with E-state index in [0.717, 1.165) is 60.6 Å². The van der Waals surface area contributed by atoms with E-state index in [9.17, 15) is 4.79 Å². The minimum absolute atomic E-state index is 0.152. The maximum absolute atomic E-state index is 12.6. The lowest BCUT2D eigenvalue weighted by Crippen LogP contribution is -2.25. The van der Waals surface area contributed by atoms with Crippen LogP contribution in [0.2, 0.25) is 0 Å². The second-order valence-electron chi connectivity index (χ2n) is 6.72. The number of carbonyl (C=O) groups excluding carboxylic acids is 1. The van der Waals surface area contributed by atoms with Gasteiger partial charge >= 0.3 is 0 Å². The van der Waals surface area contributed by atoms with Crippen LogP contribution in [-0.4, -0.2) is 15.9 Å². The Hall–Kier alpha value is -2.43. The molecule has 1 aromatic carbocycles. The van der Waals surface area contributed by atoms with Crippen molar-refractivity contribution in [3.05, 3.63) is 41.9 Å². The van der Waals surface area contributed by atoms with Crippen LogP contribution >= 0.6 is 0 Å². The first kappa shape index (κ1) is 17.4. The van der Waals surface area contributed by atoms with E-state index in [1.807, 2.05) is 25.1 Å². The van der Waals surface area contributed by atoms with Gasteiger partial charge < -0.3 is 10.6 Å². The van der Waals surface area contributed by atoms with Gasteiger partial charge in [-0.25, -0.2) is 9.97 Å². The van der Waals surface area contributed by atoms with E-state index < -0.39 is 0 Å². The second kappa shape index (κ2) is 8.10. The van der Waals surface area contributed by atoms with Crippen LogP contribution in [-0.2, 0) is 11.2 Å². The molecule has 0 atom stereocenters. The zero-order valence-corrected chi connectivity index (χ0v) is 15.0. The van der Waals surface area contributed by atoms with E-state index in [0.29, 0.717) is 0 Å². The van der Waals surface area contributed by atoms with Crippen LogP contribution in [0.1, 0.15) is 50.3 Å². The fraction of sp³-hybridized carbons (Fsp3) is 0.450. The number of anilines is 3. The lowest BCUT2D eigenvalue weighted by molar-refractivity contribution is -0.120. The quantitative estimate of drug-likeness (QED) is 0.835. The Morgan fingerprint density at radius 2 is 1.96 bits per heavy atom. The summed E-state index contributed by atoms with van der Waals surface area (Å²) < 4.78 is 0. The summed E-state index contributed by atoms with van der Waals surface area (Å²) in [7, 11) is 0. The van der Waals surface area contributed by atoms with Crippen molar-refractivity contribution in [1.82, 2.24) is 9.97 Å². The van der Waals surface area contributed by atoms with Gasteiger partial charge in [0.15, 0.2) is 0 Å². The van der Waals surface area contributed by atoms with Crippen LogP contribution in [0.15, 0.2) is 30.6 Å². The Balaban J connectivity index is 1.76. The zero-order chi connectivity index (χ0) is 17.6. The van der Waals surface area contributed by atoms with Gasteiger partial charge in [0.2, 0.25) is 5.91 Å². The predicted molar refractivity (Wildman–Crippen MR) is 101 cm³/mol. The number of hydrogen-bond donors (Lipinski definition) is 2. The average Bonchev–Trinajstić information content (AvgIpc) is 2.63. The highest BCUT2D eigenvalue weighted by Gasteiger charge is 2.21. The van der Waals surface area contributed by atoms with E-state index in [4.69, 9.17) is 0 Å². The highest BCUT2D eigenvalue weighted by Crippen LogP contribution is 2.28. The SMILES string of the molecule is CCc1ccc(Nc2cc(C)ncn2)cc1NC(=O)C1CCCCC1. The van der Waals surface area contributed by atoms with Crippen molar-refractivity contribution in [3.8, 4) is 0 Å².